The molecule has 1 aliphatic rings. The van der Waals surface area contributed by atoms with Crippen molar-refractivity contribution in [1.82, 2.24) is 0 Å². The summed E-state index contributed by atoms with van der Waals surface area (Å²) in [4.78, 5) is 15.2. The summed E-state index contributed by atoms with van der Waals surface area (Å²) in [5.41, 5.74) is 2.55. The minimum Gasteiger partial charge on any atom is -0.363 e. The number of anilines is 1. The number of ketones is 1. The molecular formula is C14H12BrNOS. The fourth-order valence-corrected chi connectivity index (χ4v) is 3.60. The second-order valence-electron chi connectivity index (χ2n) is 4.33. The van der Waals surface area contributed by atoms with Crippen LogP contribution >= 0.6 is 27.3 Å². The fraction of sp³-hybridized carbons (Fsp3) is 0.214. The third kappa shape index (κ3) is 2.22. The van der Waals surface area contributed by atoms with Gasteiger partial charge in [-0.3, -0.25) is 4.79 Å². The number of carbonyl (C=O) groups excluding carboxylic acids is 1. The third-order valence-corrected chi connectivity index (χ3v) is 4.83. The van der Waals surface area contributed by atoms with Crippen molar-refractivity contribution in [3.8, 4) is 0 Å². The van der Waals surface area contributed by atoms with Gasteiger partial charge in [-0.1, -0.05) is 18.2 Å². The molecule has 0 saturated heterocycles. The van der Waals surface area contributed by atoms with Crippen molar-refractivity contribution >= 4 is 38.7 Å². The van der Waals surface area contributed by atoms with Gasteiger partial charge in [0.05, 0.1) is 15.2 Å². The maximum absolute atomic E-state index is 12.2. The van der Waals surface area contributed by atoms with E-state index in [0.29, 0.717) is 6.54 Å². The highest BCUT2D eigenvalue weighted by atomic mass is 79.9. The highest BCUT2D eigenvalue weighted by Gasteiger charge is 2.21. The Morgan fingerprint density at radius 3 is 2.89 bits per heavy atom. The molecule has 1 aromatic heterocycles. The predicted molar refractivity (Wildman–Crippen MR) is 78.7 cm³/mol. The van der Waals surface area contributed by atoms with E-state index >= 15 is 0 Å². The van der Waals surface area contributed by atoms with Crippen molar-refractivity contribution in [3.05, 3.63) is 50.6 Å². The second-order valence-corrected chi connectivity index (χ2v) is 6.79. The lowest BCUT2D eigenvalue weighted by atomic mass is 10.2. The maximum Gasteiger partial charge on any atom is 0.192 e. The monoisotopic (exact) mass is 321 g/mol. The number of hydrogen-bond donors (Lipinski definition) is 0. The Labute approximate surface area is 118 Å². The van der Waals surface area contributed by atoms with Crippen LogP contribution in [0.5, 0.6) is 0 Å². The van der Waals surface area contributed by atoms with Crippen LogP contribution in [-0.4, -0.2) is 18.9 Å². The number of carbonyl (C=O) groups is 1. The summed E-state index contributed by atoms with van der Waals surface area (Å²) in [6.45, 7) is 1.42. The van der Waals surface area contributed by atoms with Crippen LogP contribution in [0.2, 0.25) is 0 Å². The number of nitrogens with zero attached hydrogens (tertiary/aromatic N) is 1. The normalized spacial score (nSPS) is 13.7. The molecule has 1 aliphatic heterocycles. The minimum atomic E-state index is 0.197. The fourth-order valence-electron chi connectivity index (χ4n) is 2.29. The van der Waals surface area contributed by atoms with Gasteiger partial charge in [0.2, 0.25) is 0 Å². The van der Waals surface area contributed by atoms with E-state index in [2.05, 4.69) is 39.0 Å². The van der Waals surface area contributed by atoms with Crippen LogP contribution in [0.3, 0.4) is 0 Å². The quantitative estimate of drug-likeness (QED) is 0.802. The Morgan fingerprint density at radius 2 is 2.11 bits per heavy atom. The number of halogens is 1. The molecule has 18 heavy (non-hydrogen) atoms. The molecule has 2 heterocycles. The predicted octanol–water partition coefficient (Wildman–Crippen LogP) is 3.76. The first-order chi connectivity index (χ1) is 8.74. The van der Waals surface area contributed by atoms with E-state index in [1.807, 2.05) is 18.2 Å². The van der Waals surface area contributed by atoms with Crippen molar-refractivity contribution in [2.45, 2.75) is 6.42 Å². The van der Waals surface area contributed by atoms with Gasteiger partial charge < -0.3 is 4.90 Å². The van der Waals surface area contributed by atoms with Gasteiger partial charge >= 0.3 is 0 Å². The van der Waals surface area contributed by atoms with Crippen LogP contribution < -0.4 is 4.90 Å². The third-order valence-electron chi connectivity index (χ3n) is 3.17. The van der Waals surface area contributed by atoms with Crippen LogP contribution in [-0.2, 0) is 6.42 Å². The lowest BCUT2D eigenvalue weighted by Gasteiger charge is -2.17. The largest absolute Gasteiger partial charge is 0.363 e. The smallest absolute Gasteiger partial charge is 0.192 e. The number of hydrogen-bond acceptors (Lipinski definition) is 3. The summed E-state index contributed by atoms with van der Waals surface area (Å²) in [6, 6.07) is 12.1. The lowest BCUT2D eigenvalue weighted by Crippen LogP contribution is -2.27. The van der Waals surface area contributed by atoms with Crippen molar-refractivity contribution in [1.29, 1.82) is 0 Å². The molecule has 4 heteroatoms. The van der Waals surface area contributed by atoms with Gasteiger partial charge in [-0.25, -0.2) is 0 Å². The SMILES string of the molecule is O=C(CN1CCc2ccccc21)c1ccc(Br)s1. The van der Waals surface area contributed by atoms with E-state index in [0.717, 1.165) is 21.6 Å². The molecule has 0 atom stereocenters. The average Bonchev–Trinajstić information content (AvgIpc) is 2.97. The first kappa shape index (κ1) is 11.9. The zero-order valence-corrected chi connectivity index (χ0v) is 12.1. The first-order valence-electron chi connectivity index (χ1n) is 5.85. The summed E-state index contributed by atoms with van der Waals surface area (Å²) in [6.07, 6.45) is 1.04. The molecule has 0 amide bonds. The molecule has 92 valence electrons. The molecule has 2 nitrogen and oxygen atoms in total. The number of fused-ring (bicyclic) bond motifs is 1. The first-order valence-corrected chi connectivity index (χ1v) is 7.46. The van der Waals surface area contributed by atoms with Gasteiger partial charge in [0, 0.05) is 12.2 Å². The lowest BCUT2D eigenvalue weighted by molar-refractivity contribution is 0.100. The van der Waals surface area contributed by atoms with E-state index in [1.165, 1.54) is 22.6 Å². The molecule has 0 spiro atoms. The number of para-hydroxylation sites is 1. The summed E-state index contributed by atoms with van der Waals surface area (Å²) < 4.78 is 1.01. The van der Waals surface area contributed by atoms with E-state index in [9.17, 15) is 4.79 Å². The Balaban J connectivity index is 1.77. The van der Waals surface area contributed by atoms with Gasteiger partial charge in [-0.2, -0.15) is 0 Å². The molecule has 0 fully saturated rings. The molecular weight excluding hydrogens is 310 g/mol. The standard InChI is InChI=1S/C14H12BrNOS/c15-14-6-5-13(18-14)12(17)9-16-8-7-10-3-1-2-4-11(10)16/h1-6H,7-9H2. The van der Waals surface area contributed by atoms with E-state index in [-0.39, 0.29) is 5.78 Å². The van der Waals surface area contributed by atoms with Gasteiger partial charge in [0.1, 0.15) is 0 Å². The molecule has 0 saturated carbocycles. The van der Waals surface area contributed by atoms with Gasteiger partial charge in [0.15, 0.2) is 5.78 Å². The molecule has 0 radical (unpaired) electrons. The summed E-state index contributed by atoms with van der Waals surface area (Å²) in [7, 11) is 0. The van der Waals surface area contributed by atoms with Crippen LogP contribution in [0.4, 0.5) is 5.69 Å². The maximum atomic E-state index is 12.2. The number of Topliss-reactive ketones (excluding diaryl/α,β-unsaturated/α-hetero) is 1. The van der Waals surface area contributed by atoms with E-state index < -0.39 is 0 Å². The Morgan fingerprint density at radius 1 is 1.28 bits per heavy atom. The van der Waals surface area contributed by atoms with Crippen LogP contribution in [0.15, 0.2) is 40.2 Å². The highest BCUT2D eigenvalue weighted by molar-refractivity contribution is 9.11. The number of thiophene rings is 1. The summed E-state index contributed by atoms with van der Waals surface area (Å²) >= 11 is 4.89. The van der Waals surface area contributed by atoms with E-state index in [4.69, 9.17) is 0 Å². The van der Waals surface area contributed by atoms with Crippen molar-refractivity contribution in [2.75, 3.05) is 18.0 Å². The van der Waals surface area contributed by atoms with Crippen LogP contribution in [0, 0.1) is 0 Å². The molecule has 0 bridgehead atoms. The molecule has 0 N–H and O–H groups in total. The van der Waals surface area contributed by atoms with Gasteiger partial charge in [-0.05, 0) is 46.1 Å². The molecule has 2 aromatic rings. The van der Waals surface area contributed by atoms with Crippen LogP contribution in [0.1, 0.15) is 15.2 Å². The van der Waals surface area contributed by atoms with E-state index in [1.54, 1.807) is 0 Å². The van der Waals surface area contributed by atoms with Crippen LogP contribution in [0.25, 0.3) is 0 Å². The number of benzene rings is 1. The van der Waals surface area contributed by atoms with Gasteiger partial charge in [0.25, 0.3) is 0 Å². The summed E-state index contributed by atoms with van der Waals surface area (Å²) in [5, 5.41) is 0. The summed E-state index contributed by atoms with van der Waals surface area (Å²) in [5.74, 6) is 0.197. The average molecular weight is 322 g/mol. The molecule has 0 aliphatic carbocycles. The zero-order valence-electron chi connectivity index (χ0n) is 9.73. The zero-order chi connectivity index (χ0) is 12.5. The minimum absolute atomic E-state index is 0.197. The second kappa shape index (κ2) is 4.86. The molecule has 0 unspecified atom stereocenters. The van der Waals surface area contributed by atoms with Gasteiger partial charge in [-0.15, -0.1) is 11.3 Å². The number of rotatable bonds is 3. The van der Waals surface area contributed by atoms with Crippen molar-refractivity contribution in [2.24, 2.45) is 0 Å². The Kier molecular flexibility index (Phi) is 3.22. The topological polar surface area (TPSA) is 20.3 Å². The Bertz CT molecular complexity index is 593. The van der Waals surface area contributed by atoms with Crippen molar-refractivity contribution in [3.63, 3.8) is 0 Å². The molecule has 1 aromatic carbocycles. The highest BCUT2D eigenvalue weighted by Crippen LogP contribution is 2.28. The van der Waals surface area contributed by atoms with Crippen molar-refractivity contribution < 1.29 is 4.79 Å². The Hall–Kier alpha value is -1.13. The molecule has 3 rings (SSSR count).